The van der Waals surface area contributed by atoms with Crippen LogP contribution in [0.3, 0.4) is 0 Å². The third-order valence-electron chi connectivity index (χ3n) is 4.47. The quantitative estimate of drug-likeness (QED) is 0.421. The fourth-order valence-corrected chi connectivity index (χ4v) is 2.98. The number of guanidine groups is 1. The number of benzene rings is 1. The van der Waals surface area contributed by atoms with E-state index >= 15 is 0 Å². The second kappa shape index (κ2) is 9.80. The van der Waals surface area contributed by atoms with E-state index in [-0.39, 0.29) is 30.1 Å². The smallest absolute Gasteiger partial charge is 0.214 e. The molecule has 3 rings (SSSR count). The number of aliphatic imine (C=N–C) groups is 1. The van der Waals surface area contributed by atoms with Gasteiger partial charge in [0.2, 0.25) is 5.89 Å². The molecule has 0 amide bonds. The monoisotopic (exact) mass is 470 g/mol. The van der Waals surface area contributed by atoms with Crippen LogP contribution in [0, 0.1) is 13.8 Å². The Balaban J connectivity index is 0.00000243. The summed E-state index contributed by atoms with van der Waals surface area (Å²) in [5.74, 6) is 3.38. The van der Waals surface area contributed by atoms with Gasteiger partial charge in [-0.3, -0.25) is 4.99 Å². The average molecular weight is 470 g/mol. The van der Waals surface area contributed by atoms with Gasteiger partial charge in [-0.05, 0) is 26.0 Å². The van der Waals surface area contributed by atoms with Gasteiger partial charge in [0.15, 0.2) is 5.96 Å². The van der Waals surface area contributed by atoms with Crippen LogP contribution in [0.15, 0.2) is 39.7 Å². The van der Waals surface area contributed by atoms with Crippen LogP contribution < -0.4 is 10.1 Å². The topological polar surface area (TPSA) is 62.9 Å². The molecule has 1 saturated heterocycles. The molecule has 0 aliphatic carbocycles. The number of hydrogen-bond donors (Lipinski definition) is 1. The number of aromatic nitrogens is 1. The van der Waals surface area contributed by atoms with E-state index in [9.17, 15) is 0 Å². The Morgan fingerprint density at radius 2 is 1.96 bits per heavy atom. The molecule has 0 radical (unpaired) electrons. The zero-order chi connectivity index (χ0) is 17.6. The molecule has 2 aromatic rings. The Kier molecular flexibility index (Phi) is 7.74. The maximum absolute atomic E-state index is 6.05. The maximum atomic E-state index is 6.05. The van der Waals surface area contributed by atoms with E-state index in [1.165, 1.54) is 0 Å². The molecule has 0 unspecified atom stereocenters. The number of hydrogen-bond acceptors (Lipinski definition) is 4. The van der Waals surface area contributed by atoms with E-state index in [4.69, 9.17) is 9.15 Å². The second-order valence-electron chi connectivity index (χ2n) is 6.27. The van der Waals surface area contributed by atoms with Crippen LogP contribution in [-0.4, -0.2) is 42.1 Å². The van der Waals surface area contributed by atoms with E-state index in [2.05, 4.69) is 20.2 Å². The first-order chi connectivity index (χ1) is 12.2. The van der Waals surface area contributed by atoms with Crippen molar-refractivity contribution in [2.75, 3.05) is 20.1 Å². The highest BCUT2D eigenvalue weighted by Crippen LogP contribution is 2.18. The number of likely N-dealkylation sites (tertiary alicyclic amines) is 1. The lowest BCUT2D eigenvalue weighted by Crippen LogP contribution is -2.47. The van der Waals surface area contributed by atoms with Crippen molar-refractivity contribution in [3.8, 4) is 5.75 Å². The number of aryl methyl sites for hydroxylation is 2. The highest BCUT2D eigenvalue weighted by molar-refractivity contribution is 14.0. The summed E-state index contributed by atoms with van der Waals surface area (Å²) in [5.41, 5.74) is 0.936. The van der Waals surface area contributed by atoms with Crippen LogP contribution in [0.2, 0.25) is 0 Å². The van der Waals surface area contributed by atoms with Gasteiger partial charge in [-0.1, -0.05) is 18.2 Å². The molecular formula is C19H27IN4O2. The molecule has 0 saturated carbocycles. The Hall–Kier alpha value is -1.77. The summed E-state index contributed by atoms with van der Waals surface area (Å²) in [6.07, 6.45) is 2.22. The van der Waals surface area contributed by atoms with Gasteiger partial charge in [-0.2, -0.15) is 0 Å². The number of halogens is 1. The molecular weight excluding hydrogens is 443 g/mol. The van der Waals surface area contributed by atoms with Crippen molar-refractivity contribution in [1.29, 1.82) is 0 Å². The molecule has 6 nitrogen and oxygen atoms in total. The summed E-state index contributed by atoms with van der Waals surface area (Å²) in [5, 5.41) is 3.34. The Morgan fingerprint density at radius 1 is 1.27 bits per heavy atom. The van der Waals surface area contributed by atoms with Crippen LogP contribution in [0.4, 0.5) is 0 Å². The zero-order valence-corrected chi connectivity index (χ0v) is 17.9. The molecule has 1 aliphatic rings. The SMILES string of the molecule is CN=C(NCc1nc(C)c(C)o1)N1CCC(Oc2ccccc2)CC1.I. The normalized spacial score (nSPS) is 15.5. The van der Waals surface area contributed by atoms with E-state index in [0.29, 0.717) is 12.4 Å². The van der Waals surface area contributed by atoms with E-state index in [1.54, 1.807) is 7.05 Å². The van der Waals surface area contributed by atoms with Crippen molar-refractivity contribution in [1.82, 2.24) is 15.2 Å². The van der Waals surface area contributed by atoms with Crippen LogP contribution in [0.1, 0.15) is 30.2 Å². The Morgan fingerprint density at radius 3 is 2.54 bits per heavy atom. The summed E-state index contributed by atoms with van der Waals surface area (Å²) < 4.78 is 11.7. The zero-order valence-electron chi connectivity index (χ0n) is 15.6. The van der Waals surface area contributed by atoms with E-state index < -0.39 is 0 Å². The van der Waals surface area contributed by atoms with Gasteiger partial charge in [0.1, 0.15) is 17.6 Å². The molecule has 1 fully saturated rings. The minimum Gasteiger partial charge on any atom is -0.490 e. The van der Waals surface area contributed by atoms with Crippen molar-refractivity contribution >= 4 is 29.9 Å². The van der Waals surface area contributed by atoms with Crippen molar-refractivity contribution in [2.45, 2.75) is 39.3 Å². The van der Waals surface area contributed by atoms with Crippen LogP contribution >= 0.6 is 24.0 Å². The molecule has 1 N–H and O–H groups in total. The van der Waals surface area contributed by atoms with E-state index in [0.717, 1.165) is 49.1 Å². The summed E-state index contributed by atoms with van der Waals surface area (Å²) in [6.45, 7) is 6.26. The lowest BCUT2D eigenvalue weighted by Gasteiger charge is -2.34. The van der Waals surface area contributed by atoms with Gasteiger partial charge in [0, 0.05) is 33.0 Å². The molecule has 1 aliphatic heterocycles. The number of nitrogens with one attached hydrogen (secondary N) is 1. The molecule has 0 spiro atoms. The number of ether oxygens (including phenoxy) is 1. The molecule has 26 heavy (non-hydrogen) atoms. The second-order valence-corrected chi connectivity index (χ2v) is 6.27. The molecule has 2 heterocycles. The molecule has 0 atom stereocenters. The van der Waals surface area contributed by atoms with Gasteiger partial charge >= 0.3 is 0 Å². The van der Waals surface area contributed by atoms with Gasteiger partial charge in [0.25, 0.3) is 0 Å². The van der Waals surface area contributed by atoms with Gasteiger partial charge in [-0.25, -0.2) is 4.98 Å². The van der Waals surface area contributed by atoms with Crippen molar-refractivity contribution in [3.05, 3.63) is 47.7 Å². The lowest BCUT2D eigenvalue weighted by molar-refractivity contribution is 0.129. The highest BCUT2D eigenvalue weighted by Gasteiger charge is 2.23. The molecule has 7 heteroatoms. The molecule has 1 aromatic heterocycles. The van der Waals surface area contributed by atoms with Crippen molar-refractivity contribution in [3.63, 3.8) is 0 Å². The number of oxazole rings is 1. The summed E-state index contributed by atoms with van der Waals surface area (Å²) >= 11 is 0. The molecule has 142 valence electrons. The van der Waals surface area contributed by atoms with Gasteiger partial charge in [0.05, 0.1) is 12.2 Å². The molecule has 1 aromatic carbocycles. The third kappa shape index (κ3) is 5.36. The van der Waals surface area contributed by atoms with Gasteiger partial charge < -0.3 is 19.4 Å². The largest absolute Gasteiger partial charge is 0.490 e. The predicted octanol–water partition coefficient (Wildman–Crippen LogP) is 3.53. The van der Waals surface area contributed by atoms with E-state index in [1.807, 2.05) is 44.2 Å². The van der Waals surface area contributed by atoms with Gasteiger partial charge in [-0.15, -0.1) is 24.0 Å². The summed E-state index contributed by atoms with van der Waals surface area (Å²) in [6, 6.07) is 10.0. The first-order valence-corrected chi connectivity index (χ1v) is 8.76. The minimum atomic E-state index is 0. The fourth-order valence-electron chi connectivity index (χ4n) is 2.98. The summed E-state index contributed by atoms with van der Waals surface area (Å²) in [4.78, 5) is 11.0. The average Bonchev–Trinajstić information content (AvgIpc) is 2.95. The number of rotatable bonds is 4. The lowest BCUT2D eigenvalue weighted by atomic mass is 10.1. The Bertz CT molecular complexity index is 690. The molecule has 0 bridgehead atoms. The third-order valence-corrected chi connectivity index (χ3v) is 4.47. The standard InChI is InChI=1S/C19H26N4O2.HI/c1-14-15(2)24-18(22-14)13-21-19(20-3)23-11-9-17(10-12-23)25-16-7-5-4-6-8-16;/h4-8,17H,9-13H2,1-3H3,(H,20,21);1H. The van der Waals surface area contributed by atoms with Crippen molar-refractivity contribution in [2.24, 2.45) is 4.99 Å². The van der Waals surface area contributed by atoms with Crippen LogP contribution in [0.25, 0.3) is 0 Å². The number of nitrogens with zero attached hydrogens (tertiary/aromatic N) is 3. The maximum Gasteiger partial charge on any atom is 0.214 e. The first kappa shape index (κ1) is 20.5. The number of para-hydroxylation sites is 1. The first-order valence-electron chi connectivity index (χ1n) is 8.76. The number of piperidine rings is 1. The highest BCUT2D eigenvalue weighted by atomic mass is 127. The minimum absolute atomic E-state index is 0. The van der Waals surface area contributed by atoms with Crippen molar-refractivity contribution < 1.29 is 9.15 Å². The van der Waals surface area contributed by atoms with Crippen LogP contribution in [-0.2, 0) is 6.54 Å². The summed E-state index contributed by atoms with van der Waals surface area (Å²) in [7, 11) is 1.81. The predicted molar refractivity (Wildman–Crippen MR) is 113 cm³/mol. The fraction of sp³-hybridized carbons (Fsp3) is 0.474. The Labute approximate surface area is 172 Å². The van der Waals surface area contributed by atoms with Crippen LogP contribution in [0.5, 0.6) is 5.75 Å².